The summed E-state index contributed by atoms with van der Waals surface area (Å²) in [6.45, 7) is 11.8. The summed E-state index contributed by atoms with van der Waals surface area (Å²) in [4.78, 5) is 30.9. The fraction of sp³-hybridized carbons (Fsp3) is 0.400. The number of benzene rings is 3. The van der Waals surface area contributed by atoms with Crippen LogP contribution in [0.4, 0.5) is 4.39 Å². The van der Waals surface area contributed by atoms with E-state index in [0.717, 1.165) is 47.4 Å². The van der Waals surface area contributed by atoms with Crippen molar-refractivity contribution in [2.24, 2.45) is 10.8 Å². The maximum atomic E-state index is 14.3. The molecule has 0 aromatic heterocycles. The van der Waals surface area contributed by atoms with Gasteiger partial charge < -0.3 is 14.4 Å². The Bertz CT molecular complexity index is 1720. The van der Waals surface area contributed by atoms with Gasteiger partial charge in [0.05, 0.1) is 11.1 Å². The normalized spacial score (nSPS) is 19.1. The molecule has 246 valence electrons. The molecule has 0 N–H and O–H groups in total. The number of allylic oxidation sites excluding steroid dienone is 4. The van der Waals surface area contributed by atoms with Crippen molar-refractivity contribution in [2.45, 2.75) is 79.2 Å². The number of carbonyl (C=O) groups is 2. The Kier molecular flexibility index (Phi) is 9.23. The van der Waals surface area contributed by atoms with Gasteiger partial charge in [-0.2, -0.15) is 0 Å². The molecular weight excluding hydrogens is 657 g/mol. The Hall–Kier alpha value is -3.71. The Morgan fingerprint density at radius 1 is 0.809 bits per heavy atom. The van der Waals surface area contributed by atoms with Gasteiger partial charge in [0.2, 0.25) is 0 Å². The van der Waals surface area contributed by atoms with Crippen LogP contribution in [0.15, 0.2) is 93.7 Å². The largest absolute Gasteiger partial charge is 0.490 e. The van der Waals surface area contributed by atoms with Crippen LogP contribution in [0.25, 0.3) is 0 Å². The number of nitrogens with zero attached hydrogens (tertiary/aromatic N) is 1. The van der Waals surface area contributed by atoms with Gasteiger partial charge >= 0.3 is 0 Å². The maximum Gasteiger partial charge on any atom is 0.175 e. The highest BCUT2D eigenvalue weighted by Crippen LogP contribution is 2.55. The number of ketones is 2. The summed E-state index contributed by atoms with van der Waals surface area (Å²) < 4.78 is 26.8. The van der Waals surface area contributed by atoms with Crippen molar-refractivity contribution >= 4 is 27.5 Å². The van der Waals surface area contributed by atoms with Crippen LogP contribution in [0, 0.1) is 16.6 Å². The lowest BCUT2D eigenvalue weighted by atomic mass is 9.63. The summed E-state index contributed by atoms with van der Waals surface area (Å²) in [6.07, 6.45) is 3.15. The van der Waals surface area contributed by atoms with Gasteiger partial charge in [0.25, 0.3) is 0 Å². The third kappa shape index (κ3) is 6.96. The van der Waals surface area contributed by atoms with Gasteiger partial charge in [-0.15, -0.1) is 0 Å². The highest BCUT2D eigenvalue weighted by atomic mass is 79.9. The molecule has 3 aromatic carbocycles. The molecule has 1 heterocycles. The molecule has 7 heteroatoms. The van der Waals surface area contributed by atoms with Crippen molar-refractivity contribution < 1.29 is 23.5 Å². The smallest absolute Gasteiger partial charge is 0.175 e. The summed E-state index contributed by atoms with van der Waals surface area (Å²) in [5.74, 6) is 0.362. The summed E-state index contributed by atoms with van der Waals surface area (Å²) in [5.41, 5.74) is 5.87. The van der Waals surface area contributed by atoms with Crippen molar-refractivity contribution in [1.29, 1.82) is 0 Å². The average Bonchev–Trinajstić information content (AvgIpc) is 2.99. The lowest BCUT2D eigenvalue weighted by Crippen LogP contribution is -2.45. The zero-order valence-corrected chi connectivity index (χ0v) is 29.5. The standard InChI is InChI=1S/C40H43BrFNO4/c1-6-46-34-19-27(18-29(41)38(34)47-24-26-13-10-14-28(42)17-26)35-36-30(20-39(2,3)22-32(36)44)43(16-15-25-11-8-7-9-12-25)31-21-40(4,5)23-33(45)37(31)35/h7-14,17-19,35H,6,15-16,20-24H2,1-5H3. The van der Waals surface area contributed by atoms with Gasteiger partial charge in [-0.1, -0.05) is 70.2 Å². The van der Waals surface area contributed by atoms with Crippen LogP contribution >= 0.6 is 15.9 Å². The summed E-state index contributed by atoms with van der Waals surface area (Å²) in [6, 6.07) is 20.6. The van der Waals surface area contributed by atoms with Gasteiger partial charge in [0.1, 0.15) is 12.4 Å². The number of halogens is 2. The van der Waals surface area contributed by atoms with Crippen molar-refractivity contribution in [3.05, 3.63) is 116 Å². The molecule has 5 nitrogen and oxygen atoms in total. The second kappa shape index (κ2) is 13.1. The van der Waals surface area contributed by atoms with Gasteiger partial charge in [-0.05, 0) is 93.9 Å². The first kappa shape index (κ1) is 33.2. The predicted octanol–water partition coefficient (Wildman–Crippen LogP) is 9.49. The maximum absolute atomic E-state index is 14.3. The molecule has 6 rings (SSSR count). The SMILES string of the molecule is CCOc1cc(C2C3=C(CC(C)(C)CC3=O)N(CCc3ccccc3)C3=C2C(=O)CC(C)(C)C3)cc(Br)c1OCc1cccc(F)c1. The zero-order valence-electron chi connectivity index (χ0n) is 27.9. The zero-order chi connectivity index (χ0) is 33.5. The van der Waals surface area contributed by atoms with Crippen LogP contribution < -0.4 is 9.47 Å². The molecule has 2 aliphatic carbocycles. The molecule has 0 atom stereocenters. The van der Waals surface area contributed by atoms with Crippen LogP contribution in [0.1, 0.15) is 82.9 Å². The first-order valence-corrected chi connectivity index (χ1v) is 17.3. The minimum atomic E-state index is -0.507. The van der Waals surface area contributed by atoms with Crippen LogP contribution in [0.2, 0.25) is 0 Å². The van der Waals surface area contributed by atoms with Crippen LogP contribution in [-0.2, 0) is 22.6 Å². The van der Waals surface area contributed by atoms with Crippen LogP contribution in [0.3, 0.4) is 0 Å². The molecule has 0 amide bonds. The second-order valence-electron chi connectivity index (χ2n) is 14.6. The Morgan fingerprint density at radius 3 is 2.02 bits per heavy atom. The molecule has 3 aromatic rings. The van der Waals surface area contributed by atoms with E-state index in [9.17, 15) is 14.0 Å². The third-order valence-corrected chi connectivity index (χ3v) is 10.0. The molecule has 0 bridgehead atoms. The molecular formula is C40H43BrFNO4. The van der Waals surface area contributed by atoms with Crippen LogP contribution in [-0.4, -0.2) is 29.6 Å². The van der Waals surface area contributed by atoms with Crippen LogP contribution in [0.5, 0.6) is 11.5 Å². The van der Waals surface area contributed by atoms with Gasteiger partial charge in [0.15, 0.2) is 23.1 Å². The second-order valence-corrected chi connectivity index (χ2v) is 15.5. The first-order chi connectivity index (χ1) is 22.4. The molecule has 0 saturated carbocycles. The number of rotatable bonds is 9. The fourth-order valence-corrected chi connectivity index (χ4v) is 8.05. The molecule has 1 aliphatic heterocycles. The molecule has 3 aliphatic rings. The van der Waals surface area contributed by atoms with E-state index in [4.69, 9.17) is 9.47 Å². The first-order valence-electron chi connectivity index (χ1n) is 16.5. The van der Waals surface area contributed by atoms with Gasteiger partial charge in [-0.25, -0.2) is 4.39 Å². The molecule has 0 unspecified atom stereocenters. The number of hydrogen-bond donors (Lipinski definition) is 0. The molecule has 47 heavy (non-hydrogen) atoms. The molecule has 0 radical (unpaired) electrons. The summed E-state index contributed by atoms with van der Waals surface area (Å²) >= 11 is 3.74. The highest BCUT2D eigenvalue weighted by molar-refractivity contribution is 9.10. The third-order valence-electron chi connectivity index (χ3n) is 9.43. The summed E-state index contributed by atoms with van der Waals surface area (Å²) in [7, 11) is 0. The van der Waals surface area contributed by atoms with E-state index in [1.807, 2.05) is 31.2 Å². The number of hydrogen-bond acceptors (Lipinski definition) is 5. The predicted molar refractivity (Wildman–Crippen MR) is 186 cm³/mol. The van der Waals surface area contributed by atoms with E-state index in [1.54, 1.807) is 6.07 Å². The molecule has 0 fully saturated rings. The minimum Gasteiger partial charge on any atom is -0.490 e. The van der Waals surface area contributed by atoms with E-state index in [-0.39, 0.29) is 34.8 Å². The van der Waals surface area contributed by atoms with E-state index in [2.05, 4.69) is 72.8 Å². The Balaban J connectivity index is 1.48. The van der Waals surface area contributed by atoms with E-state index < -0.39 is 5.92 Å². The lowest BCUT2D eigenvalue weighted by molar-refractivity contribution is -0.119. The molecule has 0 saturated heterocycles. The molecule has 0 spiro atoms. The Morgan fingerprint density at radius 2 is 1.43 bits per heavy atom. The Labute approximate surface area is 286 Å². The van der Waals surface area contributed by atoms with E-state index >= 15 is 0 Å². The fourth-order valence-electron chi connectivity index (χ4n) is 7.48. The number of ether oxygens (including phenoxy) is 2. The van der Waals surface area contributed by atoms with Gasteiger partial charge in [-0.3, -0.25) is 9.59 Å². The van der Waals surface area contributed by atoms with Crippen molar-refractivity contribution in [3.8, 4) is 11.5 Å². The number of carbonyl (C=O) groups excluding carboxylic acids is 2. The van der Waals surface area contributed by atoms with E-state index in [0.29, 0.717) is 47.5 Å². The minimum absolute atomic E-state index is 0.0932. The highest BCUT2D eigenvalue weighted by Gasteiger charge is 2.49. The van der Waals surface area contributed by atoms with Crippen molar-refractivity contribution in [3.63, 3.8) is 0 Å². The number of Topliss-reactive ketones (excluding diaryl/α,β-unsaturated/α-hetero) is 2. The summed E-state index contributed by atoms with van der Waals surface area (Å²) in [5, 5.41) is 0. The van der Waals surface area contributed by atoms with Crippen molar-refractivity contribution in [1.82, 2.24) is 4.90 Å². The van der Waals surface area contributed by atoms with Crippen molar-refractivity contribution in [2.75, 3.05) is 13.2 Å². The lowest BCUT2D eigenvalue weighted by Gasteiger charge is -2.49. The van der Waals surface area contributed by atoms with Gasteiger partial charge in [0, 0.05) is 47.8 Å². The quantitative estimate of drug-likeness (QED) is 0.223. The monoisotopic (exact) mass is 699 g/mol. The van der Waals surface area contributed by atoms with E-state index in [1.165, 1.54) is 17.7 Å². The topological polar surface area (TPSA) is 55.8 Å². The average molecular weight is 701 g/mol.